The van der Waals surface area contributed by atoms with Crippen LogP contribution in [0.1, 0.15) is 28.5 Å². The van der Waals surface area contributed by atoms with E-state index in [4.69, 9.17) is 9.47 Å². The second kappa shape index (κ2) is 7.27. The molecule has 0 fully saturated rings. The molecule has 0 radical (unpaired) electrons. The molecule has 0 atom stereocenters. The highest BCUT2D eigenvalue weighted by atomic mass is 19.1. The van der Waals surface area contributed by atoms with E-state index in [0.717, 1.165) is 5.69 Å². The topological polar surface area (TPSA) is 72.5 Å². The quantitative estimate of drug-likeness (QED) is 0.880. The average Bonchev–Trinajstić information content (AvgIpc) is 2.60. The molecule has 1 aliphatic heterocycles. The fourth-order valence-corrected chi connectivity index (χ4v) is 2.50. The summed E-state index contributed by atoms with van der Waals surface area (Å²) in [6, 6.07) is 6.25. The van der Waals surface area contributed by atoms with Crippen LogP contribution in [0, 0.1) is 5.82 Å². The van der Waals surface area contributed by atoms with E-state index in [1.54, 1.807) is 18.3 Å². The first-order chi connectivity index (χ1) is 11.7. The normalized spacial score (nSPS) is 12.9. The highest BCUT2D eigenvalue weighted by Gasteiger charge is 2.17. The third kappa shape index (κ3) is 3.62. The summed E-state index contributed by atoms with van der Waals surface area (Å²) < 4.78 is 24.4. The SMILES string of the molecule is CCNC(=O)c1cc(NCc2cc(F)cc3c2OCOC3)ccn1. The molecule has 2 N–H and O–H groups in total. The first-order valence-electron chi connectivity index (χ1n) is 7.67. The summed E-state index contributed by atoms with van der Waals surface area (Å²) in [7, 11) is 0. The molecule has 0 saturated carbocycles. The van der Waals surface area contributed by atoms with Gasteiger partial charge in [0.25, 0.3) is 5.91 Å². The van der Waals surface area contributed by atoms with Gasteiger partial charge < -0.3 is 20.1 Å². The first kappa shape index (κ1) is 16.2. The predicted molar refractivity (Wildman–Crippen MR) is 86.3 cm³/mol. The molecule has 24 heavy (non-hydrogen) atoms. The number of aromatic nitrogens is 1. The Bertz CT molecular complexity index is 752. The number of carbonyl (C=O) groups excluding carboxylic acids is 1. The van der Waals surface area contributed by atoms with E-state index in [1.807, 2.05) is 6.92 Å². The van der Waals surface area contributed by atoms with Crippen LogP contribution < -0.4 is 15.4 Å². The molecule has 1 aromatic carbocycles. The minimum absolute atomic E-state index is 0.155. The number of hydrogen-bond donors (Lipinski definition) is 2. The van der Waals surface area contributed by atoms with E-state index < -0.39 is 0 Å². The van der Waals surface area contributed by atoms with Crippen molar-refractivity contribution >= 4 is 11.6 Å². The van der Waals surface area contributed by atoms with E-state index in [0.29, 0.717) is 42.3 Å². The minimum atomic E-state index is -0.336. The van der Waals surface area contributed by atoms with Crippen LogP contribution in [0.25, 0.3) is 0 Å². The largest absolute Gasteiger partial charge is 0.467 e. The molecule has 6 nitrogen and oxygen atoms in total. The van der Waals surface area contributed by atoms with Crippen molar-refractivity contribution in [3.8, 4) is 5.75 Å². The van der Waals surface area contributed by atoms with E-state index in [-0.39, 0.29) is 18.5 Å². The Labute approximate surface area is 139 Å². The van der Waals surface area contributed by atoms with Gasteiger partial charge in [0.2, 0.25) is 0 Å². The molecule has 3 rings (SSSR count). The van der Waals surface area contributed by atoms with Gasteiger partial charge in [-0.1, -0.05) is 0 Å². The van der Waals surface area contributed by atoms with Crippen molar-refractivity contribution in [1.82, 2.24) is 10.3 Å². The number of pyridine rings is 1. The van der Waals surface area contributed by atoms with Crippen molar-refractivity contribution in [3.05, 3.63) is 53.1 Å². The first-order valence-corrected chi connectivity index (χ1v) is 7.67. The maximum Gasteiger partial charge on any atom is 0.269 e. The lowest BCUT2D eigenvalue weighted by Crippen LogP contribution is -2.23. The lowest BCUT2D eigenvalue weighted by molar-refractivity contribution is -0.0172. The van der Waals surface area contributed by atoms with E-state index in [9.17, 15) is 9.18 Å². The Morgan fingerprint density at radius 2 is 2.25 bits per heavy atom. The van der Waals surface area contributed by atoms with Crippen LogP contribution in [-0.4, -0.2) is 24.2 Å². The second-order valence-electron chi connectivity index (χ2n) is 5.31. The molecule has 2 aromatic rings. The average molecular weight is 331 g/mol. The number of halogens is 1. The number of benzene rings is 1. The molecule has 0 spiro atoms. The summed E-state index contributed by atoms with van der Waals surface area (Å²) in [5, 5.41) is 5.87. The van der Waals surface area contributed by atoms with Crippen molar-refractivity contribution in [1.29, 1.82) is 0 Å². The number of ether oxygens (including phenoxy) is 2. The molecule has 0 unspecified atom stereocenters. The van der Waals surface area contributed by atoms with Gasteiger partial charge in [-0.15, -0.1) is 0 Å². The van der Waals surface area contributed by atoms with Crippen LogP contribution in [0.5, 0.6) is 5.75 Å². The lowest BCUT2D eigenvalue weighted by atomic mass is 10.1. The predicted octanol–water partition coefficient (Wildman–Crippen LogP) is 2.45. The van der Waals surface area contributed by atoms with Gasteiger partial charge in [0.1, 0.15) is 17.3 Å². The zero-order valence-corrected chi connectivity index (χ0v) is 13.3. The van der Waals surface area contributed by atoms with Gasteiger partial charge in [-0.2, -0.15) is 0 Å². The zero-order chi connectivity index (χ0) is 16.9. The standard InChI is InChI=1S/C17H18FN3O3/c1-2-19-17(22)15-7-14(3-4-20-15)21-8-11-5-13(18)6-12-9-23-10-24-16(11)12/h3-7H,2,8-10H2,1H3,(H,19,22)(H,20,21). The van der Waals surface area contributed by atoms with Gasteiger partial charge >= 0.3 is 0 Å². The molecule has 0 saturated heterocycles. The molecule has 126 valence electrons. The van der Waals surface area contributed by atoms with Crippen LogP contribution in [0.3, 0.4) is 0 Å². The van der Waals surface area contributed by atoms with Crippen molar-refractivity contribution in [2.75, 3.05) is 18.7 Å². The summed E-state index contributed by atoms with van der Waals surface area (Å²) >= 11 is 0. The number of carbonyl (C=O) groups is 1. The summed E-state index contributed by atoms with van der Waals surface area (Å²) in [5.41, 5.74) is 2.43. The van der Waals surface area contributed by atoms with Crippen LogP contribution >= 0.6 is 0 Å². The van der Waals surface area contributed by atoms with Crippen LogP contribution in [0.15, 0.2) is 30.5 Å². The van der Waals surface area contributed by atoms with Gasteiger partial charge in [-0.3, -0.25) is 9.78 Å². The van der Waals surface area contributed by atoms with Gasteiger partial charge in [-0.25, -0.2) is 4.39 Å². The monoisotopic (exact) mass is 331 g/mol. The van der Waals surface area contributed by atoms with Crippen LogP contribution in [-0.2, 0) is 17.9 Å². The summed E-state index contributed by atoms with van der Waals surface area (Å²) in [6.07, 6.45) is 1.55. The van der Waals surface area contributed by atoms with E-state index in [2.05, 4.69) is 15.6 Å². The summed E-state index contributed by atoms with van der Waals surface area (Å²) in [4.78, 5) is 15.9. The molecule has 7 heteroatoms. The molecule has 0 bridgehead atoms. The number of anilines is 1. The highest BCUT2D eigenvalue weighted by Crippen LogP contribution is 2.30. The number of nitrogens with zero attached hydrogens (tertiary/aromatic N) is 1. The summed E-state index contributed by atoms with van der Waals surface area (Å²) in [5.74, 6) is 0.0790. The van der Waals surface area contributed by atoms with Crippen molar-refractivity contribution in [2.24, 2.45) is 0 Å². The van der Waals surface area contributed by atoms with E-state index in [1.165, 1.54) is 12.1 Å². The molecule has 2 heterocycles. The number of amides is 1. The molecular weight excluding hydrogens is 313 g/mol. The highest BCUT2D eigenvalue weighted by molar-refractivity contribution is 5.93. The zero-order valence-electron chi connectivity index (χ0n) is 13.3. The number of rotatable bonds is 5. The Balaban J connectivity index is 1.76. The van der Waals surface area contributed by atoms with Crippen molar-refractivity contribution < 1.29 is 18.7 Å². The fourth-order valence-electron chi connectivity index (χ4n) is 2.50. The Morgan fingerprint density at radius 1 is 1.38 bits per heavy atom. The van der Waals surface area contributed by atoms with Gasteiger partial charge in [-0.05, 0) is 31.2 Å². The van der Waals surface area contributed by atoms with Gasteiger partial charge in [0.05, 0.1) is 6.61 Å². The molecule has 1 amide bonds. The van der Waals surface area contributed by atoms with Crippen molar-refractivity contribution in [2.45, 2.75) is 20.1 Å². The molecule has 1 aliphatic rings. The smallest absolute Gasteiger partial charge is 0.269 e. The minimum Gasteiger partial charge on any atom is -0.467 e. The summed E-state index contributed by atoms with van der Waals surface area (Å²) in [6.45, 7) is 3.22. The van der Waals surface area contributed by atoms with Crippen LogP contribution in [0.4, 0.5) is 10.1 Å². The number of nitrogens with one attached hydrogen (secondary N) is 2. The maximum atomic E-state index is 13.7. The Kier molecular flexibility index (Phi) is 4.90. The number of fused-ring (bicyclic) bond motifs is 1. The third-order valence-electron chi connectivity index (χ3n) is 3.56. The molecular formula is C17H18FN3O3. The van der Waals surface area contributed by atoms with Gasteiger partial charge in [0.15, 0.2) is 6.79 Å². The van der Waals surface area contributed by atoms with E-state index >= 15 is 0 Å². The molecule has 1 aromatic heterocycles. The van der Waals surface area contributed by atoms with Crippen molar-refractivity contribution in [3.63, 3.8) is 0 Å². The third-order valence-corrected chi connectivity index (χ3v) is 3.56. The van der Waals surface area contributed by atoms with Crippen LogP contribution in [0.2, 0.25) is 0 Å². The lowest BCUT2D eigenvalue weighted by Gasteiger charge is -2.21. The number of hydrogen-bond acceptors (Lipinski definition) is 5. The fraction of sp³-hybridized carbons (Fsp3) is 0.294. The second-order valence-corrected chi connectivity index (χ2v) is 5.31. The Hall–Kier alpha value is -2.67. The Morgan fingerprint density at radius 3 is 3.08 bits per heavy atom. The molecule has 0 aliphatic carbocycles. The van der Waals surface area contributed by atoms with Gasteiger partial charge in [0, 0.05) is 36.1 Å². The maximum absolute atomic E-state index is 13.7.